The van der Waals surface area contributed by atoms with E-state index in [9.17, 15) is 22.8 Å². The fourth-order valence-corrected chi connectivity index (χ4v) is 5.89. The molecule has 1 saturated heterocycles. The van der Waals surface area contributed by atoms with Gasteiger partial charge in [-0.15, -0.1) is 11.3 Å². The van der Waals surface area contributed by atoms with Crippen LogP contribution in [0.5, 0.6) is 0 Å². The van der Waals surface area contributed by atoms with E-state index in [1.54, 1.807) is 21.1 Å². The average Bonchev–Trinajstić information content (AvgIpc) is 3.37. The lowest BCUT2D eigenvalue weighted by atomic mass is 9.93. The molecule has 1 aromatic heterocycles. The molecule has 1 unspecified atom stereocenters. The summed E-state index contributed by atoms with van der Waals surface area (Å²) in [4.78, 5) is 33.0. The molecule has 5 rings (SSSR count). The highest BCUT2D eigenvalue weighted by Gasteiger charge is 2.33. The number of carbonyl (C=O) groups excluding carboxylic acids is 2. The molecule has 0 saturated carbocycles. The van der Waals surface area contributed by atoms with E-state index in [0.717, 1.165) is 30.7 Å². The third-order valence-corrected chi connectivity index (χ3v) is 7.89. The molecule has 2 aliphatic heterocycles. The Kier molecular flexibility index (Phi) is 6.85. The van der Waals surface area contributed by atoms with Crippen LogP contribution in [0.3, 0.4) is 0 Å². The van der Waals surface area contributed by atoms with Crippen LogP contribution in [0.25, 0.3) is 0 Å². The van der Waals surface area contributed by atoms with Gasteiger partial charge in [0.15, 0.2) is 0 Å². The first kappa shape index (κ1) is 24.5. The molecule has 0 radical (unpaired) electrons. The van der Waals surface area contributed by atoms with Crippen molar-refractivity contribution in [1.29, 1.82) is 0 Å². The summed E-state index contributed by atoms with van der Waals surface area (Å²) in [6, 6.07) is 16.7. The van der Waals surface area contributed by atoms with Crippen molar-refractivity contribution in [3.8, 4) is 0 Å². The lowest BCUT2D eigenvalue weighted by Crippen LogP contribution is -2.53. The van der Waals surface area contributed by atoms with Gasteiger partial charge in [-0.25, -0.2) is 0 Å². The molecule has 188 valence electrons. The van der Waals surface area contributed by atoms with Gasteiger partial charge in [0.1, 0.15) is 0 Å². The Balaban J connectivity index is 1.21. The number of amides is 2. The number of fused-ring (bicyclic) bond motifs is 1. The molecular formula is C27H26F3N3O2S. The van der Waals surface area contributed by atoms with E-state index in [1.165, 1.54) is 22.6 Å². The predicted molar refractivity (Wildman–Crippen MR) is 132 cm³/mol. The van der Waals surface area contributed by atoms with E-state index in [4.69, 9.17) is 0 Å². The number of carbonyl (C=O) groups is 2. The minimum Gasteiger partial charge on any atom is -0.338 e. The van der Waals surface area contributed by atoms with E-state index < -0.39 is 11.7 Å². The van der Waals surface area contributed by atoms with E-state index >= 15 is 0 Å². The number of hydrogen-bond acceptors (Lipinski definition) is 4. The number of alkyl halides is 3. The van der Waals surface area contributed by atoms with Crippen molar-refractivity contribution in [3.63, 3.8) is 0 Å². The zero-order valence-corrected chi connectivity index (χ0v) is 20.4. The zero-order valence-electron chi connectivity index (χ0n) is 19.6. The van der Waals surface area contributed by atoms with Crippen LogP contribution >= 0.6 is 11.3 Å². The molecule has 3 aromatic rings. The van der Waals surface area contributed by atoms with Crippen molar-refractivity contribution >= 4 is 23.2 Å². The highest BCUT2D eigenvalue weighted by Crippen LogP contribution is 2.37. The first-order valence-corrected chi connectivity index (χ1v) is 12.8. The summed E-state index contributed by atoms with van der Waals surface area (Å²) in [5, 5.41) is 2.11. The maximum atomic E-state index is 13.2. The Hall–Kier alpha value is -3.17. The molecule has 1 fully saturated rings. The van der Waals surface area contributed by atoms with Gasteiger partial charge >= 0.3 is 6.18 Å². The fraction of sp³-hybridized carbons (Fsp3) is 0.333. The van der Waals surface area contributed by atoms with Crippen molar-refractivity contribution in [3.05, 3.63) is 93.2 Å². The molecular weight excluding hydrogens is 487 g/mol. The molecule has 1 atom stereocenters. The van der Waals surface area contributed by atoms with Crippen molar-refractivity contribution in [2.24, 2.45) is 0 Å². The lowest BCUT2D eigenvalue weighted by molar-refractivity contribution is -0.137. The monoisotopic (exact) mass is 513 g/mol. The van der Waals surface area contributed by atoms with E-state index in [2.05, 4.69) is 28.5 Å². The van der Waals surface area contributed by atoms with Crippen LogP contribution < -0.4 is 0 Å². The minimum absolute atomic E-state index is 0.0243. The van der Waals surface area contributed by atoms with E-state index in [1.807, 2.05) is 18.2 Å². The Morgan fingerprint density at radius 2 is 1.53 bits per heavy atom. The number of piperazine rings is 1. The number of benzene rings is 2. The van der Waals surface area contributed by atoms with Crippen molar-refractivity contribution in [2.45, 2.75) is 18.6 Å². The van der Waals surface area contributed by atoms with Crippen LogP contribution in [0.4, 0.5) is 13.2 Å². The van der Waals surface area contributed by atoms with Crippen molar-refractivity contribution in [2.75, 3.05) is 39.3 Å². The second-order valence-corrected chi connectivity index (χ2v) is 10.1. The molecule has 2 aromatic carbocycles. The Morgan fingerprint density at radius 1 is 0.861 bits per heavy atom. The SMILES string of the molecule is O=C(CN1CCc2sccc2C1c1ccccc1)N1CCN(C(=O)c2ccc(C(F)(F)F)cc2)CC1. The maximum absolute atomic E-state index is 13.2. The second-order valence-electron chi connectivity index (χ2n) is 9.08. The molecule has 0 spiro atoms. The van der Waals surface area contributed by atoms with Gasteiger partial charge < -0.3 is 9.80 Å². The molecule has 9 heteroatoms. The molecule has 0 aliphatic carbocycles. The summed E-state index contributed by atoms with van der Waals surface area (Å²) in [6.45, 7) is 2.59. The van der Waals surface area contributed by atoms with Gasteiger partial charge in [-0.05, 0) is 53.3 Å². The molecule has 2 aliphatic rings. The van der Waals surface area contributed by atoms with Gasteiger partial charge in [0.25, 0.3) is 5.91 Å². The first-order valence-electron chi connectivity index (χ1n) is 11.9. The average molecular weight is 514 g/mol. The van der Waals surface area contributed by atoms with Crippen LogP contribution in [0.2, 0.25) is 0 Å². The highest BCUT2D eigenvalue weighted by molar-refractivity contribution is 7.10. The summed E-state index contributed by atoms with van der Waals surface area (Å²) in [5.41, 5.74) is 1.86. The Bertz CT molecular complexity index is 1220. The van der Waals surface area contributed by atoms with Gasteiger partial charge in [-0.2, -0.15) is 13.2 Å². The number of hydrogen-bond donors (Lipinski definition) is 0. The topological polar surface area (TPSA) is 43.9 Å². The van der Waals surface area contributed by atoms with E-state index in [0.29, 0.717) is 32.7 Å². The van der Waals surface area contributed by atoms with Crippen LogP contribution in [-0.2, 0) is 17.4 Å². The summed E-state index contributed by atoms with van der Waals surface area (Å²) < 4.78 is 38.4. The Labute approximate surface area is 211 Å². The van der Waals surface area contributed by atoms with Gasteiger partial charge in [0.05, 0.1) is 18.2 Å². The number of thiophene rings is 1. The number of rotatable bonds is 4. The third kappa shape index (κ3) is 5.03. The summed E-state index contributed by atoms with van der Waals surface area (Å²) in [6.07, 6.45) is -3.52. The molecule has 2 amide bonds. The molecule has 0 bridgehead atoms. The van der Waals surface area contributed by atoms with E-state index in [-0.39, 0.29) is 23.4 Å². The summed E-state index contributed by atoms with van der Waals surface area (Å²) in [7, 11) is 0. The quantitative estimate of drug-likeness (QED) is 0.508. The van der Waals surface area contributed by atoms with Gasteiger partial charge in [0.2, 0.25) is 5.91 Å². The van der Waals surface area contributed by atoms with Gasteiger partial charge in [0, 0.05) is 43.2 Å². The van der Waals surface area contributed by atoms with Gasteiger partial charge in [-0.1, -0.05) is 30.3 Å². The number of nitrogens with zero attached hydrogens (tertiary/aromatic N) is 3. The molecule has 5 nitrogen and oxygen atoms in total. The second kappa shape index (κ2) is 10.1. The Morgan fingerprint density at radius 3 is 2.19 bits per heavy atom. The van der Waals surface area contributed by atoms with Gasteiger partial charge in [-0.3, -0.25) is 14.5 Å². The van der Waals surface area contributed by atoms with Crippen LogP contribution in [-0.4, -0.2) is 65.8 Å². The lowest BCUT2D eigenvalue weighted by Gasteiger charge is -2.39. The normalized spacial score (nSPS) is 18.7. The standard InChI is InChI=1S/C27H26F3N3O2S/c28-27(29,30)21-8-6-20(7-9-21)26(35)32-15-13-31(14-16-32)24(34)18-33-12-10-23-22(11-17-36-23)25(33)19-4-2-1-3-5-19/h1-9,11,17,25H,10,12-16,18H2. The number of halogens is 3. The van der Waals surface area contributed by atoms with Crippen molar-refractivity contribution in [1.82, 2.24) is 14.7 Å². The zero-order chi connectivity index (χ0) is 25.3. The first-order chi connectivity index (χ1) is 17.3. The largest absolute Gasteiger partial charge is 0.416 e. The molecule has 3 heterocycles. The maximum Gasteiger partial charge on any atom is 0.416 e. The predicted octanol–water partition coefficient (Wildman–Crippen LogP) is 4.70. The van der Waals surface area contributed by atoms with Crippen molar-refractivity contribution < 1.29 is 22.8 Å². The summed E-state index contributed by atoms with van der Waals surface area (Å²) in [5.74, 6) is -0.294. The van der Waals surface area contributed by atoms with Crippen LogP contribution in [0.15, 0.2) is 66.0 Å². The highest BCUT2D eigenvalue weighted by atomic mass is 32.1. The summed E-state index contributed by atoms with van der Waals surface area (Å²) >= 11 is 1.76. The molecule has 0 N–H and O–H groups in total. The minimum atomic E-state index is -4.44. The fourth-order valence-electron chi connectivity index (χ4n) is 4.98. The van der Waals surface area contributed by atoms with Crippen LogP contribution in [0.1, 0.15) is 38.0 Å². The smallest absolute Gasteiger partial charge is 0.338 e. The van der Waals surface area contributed by atoms with Crippen LogP contribution in [0, 0.1) is 0 Å². The third-order valence-electron chi connectivity index (χ3n) is 6.90. The molecule has 36 heavy (non-hydrogen) atoms.